The van der Waals surface area contributed by atoms with Gasteiger partial charge in [-0.2, -0.15) is 0 Å². The molecule has 2 unspecified atom stereocenters. The van der Waals surface area contributed by atoms with Gasteiger partial charge in [0.05, 0.1) is 0 Å². The third kappa shape index (κ3) is 4.19. The lowest BCUT2D eigenvalue weighted by Gasteiger charge is -2.25. The topological polar surface area (TPSA) is 12.0 Å². The normalized spacial score (nSPS) is 13.9. The number of nitrogens with one attached hydrogen (secondary N) is 1. The summed E-state index contributed by atoms with van der Waals surface area (Å²) >= 11 is 3.55. The van der Waals surface area contributed by atoms with Gasteiger partial charge < -0.3 is 5.32 Å². The van der Waals surface area contributed by atoms with Gasteiger partial charge in [-0.25, -0.2) is 0 Å². The quantitative estimate of drug-likeness (QED) is 0.803. The summed E-state index contributed by atoms with van der Waals surface area (Å²) < 4.78 is 1.15. The molecule has 2 heteroatoms. The third-order valence-corrected chi connectivity index (χ3v) is 4.23. The van der Waals surface area contributed by atoms with E-state index in [4.69, 9.17) is 0 Å². The van der Waals surface area contributed by atoms with Gasteiger partial charge in [-0.05, 0) is 42.1 Å². The number of rotatable bonds is 6. The van der Waals surface area contributed by atoms with Gasteiger partial charge >= 0.3 is 0 Å². The van der Waals surface area contributed by atoms with Crippen molar-refractivity contribution in [1.29, 1.82) is 0 Å². The number of hydrogen-bond donors (Lipinski definition) is 1. The highest BCUT2D eigenvalue weighted by atomic mass is 79.9. The molecular weight excluding hydrogens is 310 g/mol. The zero-order valence-corrected chi connectivity index (χ0v) is 13.7. The number of hydrogen-bond acceptors (Lipinski definition) is 1. The molecule has 0 aliphatic rings. The van der Waals surface area contributed by atoms with Crippen molar-refractivity contribution < 1.29 is 0 Å². The summed E-state index contributed by atoms with van der Waals surface area (Å²) in [6.45, 7) is 5.47. The van der Waals surface area contributed by atoms with Gasteiger partial charge in [0.15, 0.2) is 0 Å². The van der Waals surface area contributed by atoms with Crippen LogP contribution in [0.1, 0.15) is 30.9 Å². The second-order valence-electron chi connectivity index (χ2n) is 5.20. The highest BCUT2D eigenvalue weighted by molar-refractivity contribution is 9.10. The van der Waals surface area contributed by atoms with Crippen LogP contribution in [0.15, 0.2) is 59.1 Å². The predicted octanol–water partition coefficient (Wildman–Crippen LogP) is 4.77. The van der Waals surface area contributed by atoms with Gasteiger partial charge in [0.2, 0.25) is 0 Å². The van der Waals surface area contributed by atoms with Crippen LogP contribution >= 0.6 is 15.9 Å². The highest BCUT2D eigenvalue weighted by Crippen LogP contribution is 2.23. The summed E-state index contributed by atoms with van der Waals surface area (Å²) in [4.78, 5) is 0. The molecule has 0 saturated carbocycles. The average molecular weight is 332 g/mol. The molecule has 2 aromatic rings. The van der Waals surface area contributed by atoms with E-state index in [1.54, 1.807) is 0 Å². The fourth-order valence-corrected chi connectivity index (χ4v) is 3.04. The monoisotopic (exact) mass is 331 g/mol. The van der Waals surface area contributed by atoms with Crippen LogP contribution in [0.2, 0.25) is 0 Å². The minimum atomic E-state index is 0.455. The summed E-state index contributed by atoms with van der Waals surface area (Å²) in [5.74, 6) is 0.495. The first kappa shape index (κ1) is 15.3. The lowest BCUT2D eigenvalue weighted by atomic mass is 9.89. The van der Waals surface area contributed by atoms with E-state index in [1.165, 1.54) is 11.1 Å². The maximum absolute atomic E-state index is 3.63. The van der Waals surface area contributed by atoms with Gasteiger partial charge in [0.25, 0.3) is 0 Å². The fraction of sp³-hybridized carbons (Fsp3) is 0.333. The molecule has 0 heterocycles. The van der Waals surface area contributed by atoms with E-state index in [1.807, 2.05) is 0 Å². The van der Waals surface area contributed by atoms with Gasteiger partial charge in [0, 0.05) is 10.5 Å². The molecule has 2 aromatic carbocycles. The van der Waals surface area contributed by atoms with Crippen LogP contribution in [0.4, 0.5) is 0 Å². The molecule has 2 atom stereocenters. The van der Waals surface area contributed by atoms with Crippen molar-refractivity contribution >= 4 is 15.9 Å². The standard InChI is InChI=1S/C18H22BrN/c1-3-20-18(13-15-8-7-11-17(19)12-15)14(2)16-9-5-4-6-10-16/h4-12,14,18,20H,3,13H2,1-2H3. The first-order valence-corrected chi connectivity index (χ1v) is 8.02. The maximum Gasteiger partial charge on any atom is 0.0178 e. The van der Waals surface area contributed by atoms with E-state index >= 15 is 0 Å². The van der Waals surface area contributed by atoms with Crippen LogP contribution in [0.5, 0.6) is 0 Å². The van der Waals surface area contributed by atoms with E-state index < -0.39 is 0 Å². The van der Waals surface area contributed by atoms with Crippen LogP contribution in [0, 0.1) is 0 Å². The second kappa shape index (κ2) is 7.61. The third-order valence-electron chi connectivity index (χ3n) is 3.74. The first-order valence-electron chi connectivity index (χ1n) is 7.23. The van der Waals surface area contributed by atoms with Gasteiger partial charge in [0.1, 0.15) is 0 Å². The lowest BCUT2D eigenvalue weighted by molar-refractivity contribution is 0.458. The lowest BCUT2D eigenvalue weighted by Crippen LogP contribution is -2.35. The Kier molecular flexibility index (Phi) is 5.81. The van der Waals surface area contributed by atoms with Crippen molar-refractivity contribution in [3.05, 3.63) is 70.2 Å². The van der Waals surface area contributed by atoms with Gasteiger partial charge in [-0.1, -0.05) is 72.2 Å². The molecule has 0 saturated heterocycles. The van der Waals surface area contributed by atoms with E-state index in [0.717, 1.165) is 17.4 Å². The Labute approximate surface area is 130 Å². The molecule has 0 aromatic heterocycles. The molecule has 0 aliphatic heterocycles. The van der Waals surface area contributed by atoms with Crippen LogP contribution in [0.3, 0.4) is 0 Å². The van der Waals surface area contributed by atoms with Crippen molar-refractivity contribution in [1.82, 2.24) is 5.32 Å². The molecule has 20 heavy (non-hydrogen) atoms. The van der Waals surface area contributed by atoms with Crippen molar-refractivity contribution in [3.8, 4) is 0 Å². The highest BCUT2D eigenvalue weighted by Gasteiger charge is 2.18. The second-order valence-corrected chi connectivity index (χ2v) is 6.11. The van der Waals surface area contributed by atoms with E-state index in [2.05, 4.69) is 89.7 Å². The molecule has 0 aliphatic carbocycles. The SMILES string of the molecule is CCNC(Cc1cccc(Br)c1)C(C)c1ccccc1. The summed E-state index contributed by atoms with van der Waals surface area (Å²) in [5.41, 5.74) is 2.77. The smallest absolute Gasteiger partial charge is 0.0178 e. The van der Waals surface area contributed by atoms with E-state index in [-0.39, 0.29) is 0 Å². The van der Waals surface area contributed by atoms with Crippen LogP contribution in [0.25, 0.3) is 0 Å². The van der Waals surface area contributed by atoms with Gasteiger partial charge in [-0.15, -0.1) is 0 Å². The molecule has 0 fully saturated rings. The minimum Gasteiger partial charge on any atom is -0.313 e. The van der Waals surface area contributed by atoms with E-state index in [0.29, 0.717) is 12.0 Å². The Morgan fingerprint density at radius 3 is 2.45 bits per heavy atom. The molecule has 2 rings (SSSR count). The largest absolute Gasteiger partial charge is 0.313 e. The summed E-state index contributed by atoms with van der Waals surface area (Å²) in [6.07, 6.45) is 1.04. The first-order chi connectivity index (χ1) is 9.70. The molecule has 1 nitrogen and oxygen atoms in total. The Bertz CT molecular complexity index is 524. The molecule has 0 radical (unpaired) electrons. The number of likely N-dealkylation sites (N-methyl/N-ethyl adjacent to an activating group) is 1. The van der Waals surface area contributed by atoms with Crippen molar-refractivity contribution in [2.24, 2.45) is 0 Å². The molecule has 106 valence electrons. The van der Waals surface area contributed by atoms with Crippen molar-refractivity contribution in [2.45, 2.75) is 32.2 Å². The van der Waals surface area contributed by atoms with Crippen LogP contribution < -0.4 is 5.32 Å². The van der Waals surface area contributed by atoms with Crippen LogP contribution in [-0.4, -0.2) is 12.6 Å². The zero-order valence-electron chi connectivity index (χ0n) is 12.1. The minimum absolute atomic E-state index is 0.455. The molecule has 0 amide bonds. The molecule has 0 spiro atoms. The zero-order chi connectivity index (χ0) is 14.4. The summed E-state index contributed by atoms with van der Waals surface area (Å²) in [6, 6.07) is 19.8. The van der Waals surface area contributed by atoms with Gasteiger partial charge in [-0.3, -0.25) is 0 Å². The molecular formula is C18H22BrN. The average Bonchev–Trinajstić information content (AvgIpc) is 2.47. The van der Waals surface area contributed by atoms with E-state index in [9.17, 15) is 0 Å². The molecule has 1 N–H and O–H groups in total. The maximum atomic E-state index is 3.63. The fourth-order valence-electron chi connectivity index (χ4n) is 2.59. The Balaban J connectivity index is 2.14. The number of benzene rings is 2. The Morgan fingerprint density at radius 2 is 1.80 bits per heavy atom. The molecule has 0 bridgehead atoms. The van der Waals surface area contributed by atoms with Crippen molar-refractivity contribution in [3.63, 3.8) is 0 Å². The predicted molar refractivity (Wildman–Crippen MR) is 90.2 cm³/mol. The Hall–Kier alpha value is -1.12. The van der Waals surface area contributed by atoms with Crippen LogP contribution in [-0.2, 0) is 6.42 Å². The Morgan fingerprint density at radius 1 is 1.05 bits per heavy atom. The van der Waals surface area contributed by atoms with Crippen molar-refractivity contribution in [2.75, 3.05) is 6.54 Å². The summed E-state index contributed by atoms with van der Waals surface area (Å²) in [5, 5.41) is 3.63. The summed E-state index contributed by atoms with van der Waals surface area (Å²) in [7, 11) is 0. The number of halogens is 1.